The van der Waals surface area contributed by atoms with Gasteiger partial charge in [-0.1, -0.05) is 48.5 Å². The highest BCUT2D eigenvalue weighted by Gasteiger charge is 2.62. The fourth-order valence-corrected chi connectivity index (χ4v) is 5.65. The summed E-state index contributed by atoms with van der Waals surface area (Å²) in [5.41, 5.74) is 0.252. The summed E-state index contributed by atoms with van der Waals surface area (Å²) in [5.74, 6) is -2.17. The quantitative estimate of drug-likeness (QED) is 0.598. The number of halogens is 4. The Bertz CT molecular complexity index is 1180. The number of alkyl halides is 3. The summed E-state index contributed by atoms with van der Waals surface area (Å²) in [6, 6.07) is 11.3. The lowest BCUT2D eigenvalue weighted by molar-refractivity contribution is -0.211. The van der Waals surface area contributed by atoms with Gasteiger partial charge < -0.3 is 10.0 Å². The second-order valence-corrected chi connectivity index (χ2v) is 10.8. The van der Waals surface area contributed by atoms with Crippen molar-refractivity contribution in [2.75, 3.05) is 12.8 Å². The van der Waals surface area contributed by atoms with Crippen LogP contribution in [-0.2, 0) is 21.2 Å². The molecule has 1 aliphatic carbocycles. The summed E-state index contributed by atoms with van der Waals surface area (Å²) in [6.45, 7) is -0.156. The predicted molar refractivity (Wildman–Crippen MR) is 117 cm³/mol. The van der Waals surface area contributed by atoms with Crippen LogP contribution >= 0.6 is 0 Å². The van der Waals surface area contributed by atoms with Crippen LogP contribution in [0.15, 0.2) is 48.5 Å². The Kier molecular flexibility index (Phi) is 6.24. The fraction of sp³-hybridized carbons (Fsp3) is 0.435. The lowest BCUT2D eigenvalue weighted by Gasteiger charge is -2.31. The van der Waals surface area contributed by atoms with Crippen LogP contribution in [0.2, 0.25) is 0 Å². The molecular weight excluding hydrogens is 476 g/mol. The van der Waals surface area contributed by atoms with E-state index in [1.165, 1.54) is 6.07 Å². The summed E-state index contributed by atoms with van der Waals surface area (Å²) in [7, 11) is -3.79. The Morgan fingerprint density at radius 1 is 1.18 bits per heavy atom. The van der Waals surface area contributed by atoms with Crippen molar-refractivity contribution in [3.8, 4) is 11.1 Å². The van der Waals surface area contributed by atoms with Crippen LogP contribution in [0.25, 0.3) is 11.1 Å². The number of amides is 1. The Morgan fingerprint density at radius 3 is 2.38 bits per heavy atom. The van der Waals surface area contributed by atoms with Gasteiger partial charge in [-0.05, 0) is 30.4 Å². The van der Waals surface area contributed by atoms with Gasteiger partial charge in [0.15, 0.2) is 0 Å². The molecule has 1 saturated carbocycles. The first-order chi connectivity index (χ1) is 15.8. The van der Waals surface area contributed by atoms with Gasteiger partial charge in [-0.15, -0.1) is 0 Å². The third kappa shape index (κ3) is 4.82. The van der Waals surface area contributed by atoms with Crippen molar-refractivity contribution in [1.82, 2.24) is 9.62 Å². The highest BCUT2D eigenvalue weighted by atomic mass is 32.2. The number of nitrogens with one attached hydrogen (secondary N) is 1. The van der Waals surface area contributed by atoms with Gasteiger partial charge in [0.05, 0.1) is 12.3 Å². The van der Waals surface area contributed by atoms with Gasteiger partial charge in [0.25, 0.3) is 5.91 Å². The average molecular weight is 501 g/mol. The number of rotatable bonds is 6. The number of hydrogen-bond acceptors (Lipinski definition) is 4. The number of carbonyl (C=O) groups is 1. The third-order valence-electron chi connectivity index (χ3n) is 6.58. The normalized spacial score (nSPS) is 22.7. The Morgan fingerprint density at radius 2 is 1.82 bits per heavy atom. The Balaban J connectivity index is 1.73. The van der Waals surface area contributed by atoms with Gasteiger partial charge in [0.1, 0.15) is 5.82 Å². The van der Waals surface area contributed by atoms with Gasteiger partial charge in [-0.2, -0.15) is 13.2 Å². The molecule has 3 atom stereocenters. The molecule has 2 aromatic rings. The summed E-state index contributed by atoms with van der Waals surface area (Å²) in [4.78, 5) is 13.5. The lowest BCUT2D eigenvalue weighted by Crippen LogP contribution is -2.53. The molecule has 34 heavy (non-hydrogen) atoms. The molecule has 0 bridgehead atoms. The number of nitrogens with zero attached hydrogens (tertiary/aromatic N) is 1. The van der Waals surface area contributed by atoms with Crippen LogP contribution in [0.1, 0.15) is 18.4 Å². The predicted octanol–water partition coefficient (Wildman–Crippen LogP) is 2.87. The van der Waals surface area contributed by atoms with Crippen molar-refractivity contribution >= 4 is 15.9 Å². The Labute approximate surface area is 194 Å². The van der Waals surface area contributed by atoms with Crippen LogP contribution < -0.4 is 4.72 Å². The largest absolute Gasteiger partial charge is 0.423 e. The third-order valence-corrected chi connectivity index (χ3v) is 7.27. The van der Waals surface area contributed by atoms with E-state index in [2.05, 4.69) is 4.72 Å². The Hall–Kier alpha value is -2.50. The maximum Gasteiger partial charge on any atom is 0.423 e. The van der Waals surface area contributed by atoms with Crippen LogP contribution in [0, 0.1) is 11.2 Å². The smallest absolute Gasteiger partial charge is 0.376 e. The molecule has 0 unspecified atom stereocenters. The van der Waals surface area contributed by atoms with E-state index in [1.807, 2.05) is 0 Å². The molecule has 0 aromatic heterocycles. The summed E-state index contributed by atoms with van der Waals surface area (Å²) in [6.07, 6.45) is -6.74. The molecule has 1 aliphatic heterocycles. The van der Waals surface area contributed by atoms with E-state index in [1.54, 1.807) is 42.5 Å². The van der Waals surface area contributed by atoms with Gasteiger partial charge in [0.2, 0.25) is 16.1 Å². The van der Waals surface area contributed by atoms with E-state index in [4.69, 9.17) is 0 Å². The maximum absolute atomic E-state index is 15.5. The number of sulfonamides is 1. The second kappa shape index (κ2) is 8.62. The van der Waals surface area contributed by atoms with Crippen molar-refractivity contribution in [3.63, 3.8) is 0 Å². The van der Waals surface area contributed by atoms with Crippen molar-refractivity contribution < 1.29 is 35.9 Å². The first-order valence-corrected chi connectivity index (χ1v) is 12.6. The lowest BCUT2D eigenvalue weighted by atomic mass is 9.91. The molecule has 2 aliphatic rings. The molecular formula is C23H24F4N2O4S. The van der Waals surface area contributed by atoms with Gasteiger partial charge >= 0.3 is 6.18 Å². The van der Waals surface area contributed by atoms with Crippen molar-refractivity contribution in [3.05, 3.63) is 59.9 Å². The summed E-state index contributed by atoms with van der Waals surface area (Å²) in [5, 5.41) is 9.63. The number of likely N-dealkylation sites (tertiary alicyclic amines) is 1. The van der Waals surface area contributed by atoms with Crippen LogP contribution in [0.4, 0.5) is 17.6 Å². The summed E-state index contributed by atoms with van der Waals surface area (Å²) >= 11 is 0. The zero-order valence-corrected chi connectivity index (χ0v) is 19.0. The minimum absolute atomic E-state index is 0.128. The highest BCUT2D eigenvalue weighted by Crippen LogP contribution is 2.56. The zero-order valence-electron chi connectivity index (χ0n) is 18.2. The first kappa shape index (κ1) is 24.6. The van der Waals surface area contributed by atoms with Crippen molar-refractivity contribution in [2.45, 2.75) is 43.6 Å². The monoisotopic (exact) mass is 500 g/mol. The number of aliphatic hydroxyl groups is 1. The molecule has 4 rings (SSSR count). The van der Waals surface area contributed by atoms with E-state index < -0.39 is 51.5 Å². The highest BCUT2D eigenvalue weighted by molar-refractivity contribution is 7.88. The van der Waals surface area contributed by atoms with Crippen molar-refractivity contribution in [1.29, 1.82) is 0 Å². The van der Waals surface area contributed by atoms with Gasteiger partial charge in [-0.25, -0.2) is 17.5 Å². The number of benzene rings is 2. The number of carbonyl (C=O) groups excluding carboxylic acids is 1. The molecule has 2 N–H and O–H groups in total. The molecule has 2 aromatic carbocycles. The number of aliphatic hydroxyl groups excluding tert-OH is 1. The van der Waals surface area contributed by atoms with Crippen LogP contribution in [-0.4, -0.2) is 61.5 Å². The summed E-state index contributed by atoms with van der Waals surface area (Å²) < 4.78 is 81.4. The molecule has 1 spiro atoms. The first-order valence-electron chi connectivity index (χ1n) is 10.7. The molecule has 1 heterocycles. The van der Waals surface area contributed by atoms with E-state index in [9.17, 15) is 31.5 Å². The SMILES string of the molecule is CS(=O)(=O)N[C@@H]1[C@H](Cc2cccc(-c3ccccc3)c2F)N(C(=O)[C@H](O)C(F)(F)F)CC12CC2. The van der Waals surface area contributed by atoms with Gasteiger partial charge in [-0.3, -0.25) is 4.79 Å². The minimum atomic E-state index is -5.18. The van der Waals surface area contributed by atoms with Crippen molar-refractivity contribution in [2.24, 2.45) is 5.41 Å². The van der Waals surface area contributed by atoms with Crippen LogP contribution in [0.5, 0.6) is 0 Å². The van der Waals surface area contributed by atoms with E-state index >= 15 is 4.39 Å². The molecule has 6 nitrogen and oxygen atoms in total. The molecule has 1 amide bonds. The average Bonchev–Trinajstić information content (AvgIpc) is 3.49. The van der Waals surface area contributed by atoms with E-state index in [0.717, 1.165) is 11.2 Å². The van der Waals surface area contributed by atoms with E-state index in [-0.39, 0.29) is 24.1 Å². The minimum Gasteiger partial charge on any atom is -0.376 e. The fourth-order valence-electron chi connectivity index (χ4n) is 4.78. The molecule has 11 heteroatoms. The maximum atomic E-state index is 15.5. The number of hydrogen-bond donors (Lipinski definition) is 2. The molecule has 184 valence electrons. The van der Waals surface area contributed by atoms with E-state index in [0.29, 0.717) is 18.4 Å². The molecule has 0 radical (unpaired) electrons. The zero-order chi connectivity index (χ0) is 24.9. The van der Waals surface area contributed by atoms with Gasteiger partial charge in [0, 0.05) is 23.6 Å². The topological polar surface area (TPSA) is 86.7 Å². The molecule has 1 saturated heterocycles. The standard InChI is InChI=1S/C23H24F4N2O4S/c1-34(32,33)28-19-17(29(13-22(19)10-11-22)21(31)20(30)23(25,26)27)12-15-8-5-9-16(18(15)24)14-6-3-2-4-7-14/h2-9,17,19-20,28,30H,10-13H2,1H3/t17-,19+,20-/m0/s1. The second-order valence-electron chi connectivity index (χ2n) is 9.06. The van der Waals surface area contributed by atoms with Crippen LogP contribution in [0.3, 0.4) is 0 Å². The molecule has 2 fully saturated rings.